The average Bonchev–Trinajstić information content (AvgIpc) is 2.47. The number of anilines is 2. The molecule has 0 saturated carbocycles. The molecule has 0 saturated heterocycles. The Labute approximate surface area is 113 Å². The molecule has 4 nitrogen and oxygen atoms in total. The fourth-order valence-corrected chi connectivity index (χ4v) is 2.15. The van der Waals surface area contributed by atoms with Crippen molar-refractivity contribution in [3.63, 3.8) is 0 Å². The van der Waals surface area contributed by atoms with Crippen LogP contribution in [-0.2, 0) is 0 Å². The normalized spacial score (nSPS) is 13.2. The van der Waals surface area contributed by atoms with Crippen LogP contribution in [0.5, 0.6) is 5.88 Å². The largest absolute Gasteiger partial charge is 0.474 e. The van der Waals surface area contributed by atoms with Gasteiger partial charge in [-0.25, -0.2) is 4.98 Å². The second kappa shape index (κ2) is 4.80. The molecular formula is C15H17N3O. The van der Waals surface area contributed by atoms with Gasteiger partial charge in [0.25, 0.3) is 0 Å². The summed E-state index contributed by atoms with van der Waals surface area (Å²) in [4.78, 5) is 6.47. The van der Waals surface area contributed by atoms with Crippen LogP contribution in [0.25, 0.3) is 11.1 Å². The maximum atomic E-state index is 5.49. The zero-order valence-electron chi connectivity index (χ0n) is 11.2. The summed E-state index contributed by atoms with van der Waals surface area (Å²) in [5.74, 6) is 0.693. The first-order valence-electron chi connectivity index (χ1n) is 6.38. The minimum atomic E-state index is 0.676. The van der Waals surface area contributed by atoms with Crippen molar-refractivity contribution in [2.45, 2.75) is 0 Å². The van der Waals surface area contributed by atoms with Crippen molar-refractivity contribution in [3.8, 4) is 17.0 Å². The Bertz CT molecular complexity index is 596. The molecule has 1 N–H and O–H groups in total. The molecule has 2 heterocycles. The van der Waals surface area contributed by atoms with Crippen molar-refractivity contribution < 1.29 is 4.74 Å². The number of nitrogens with zero attached hydrogens (tertiary/aromatic N) is 2. The summed E-state index contributed by atoms with van der Waals surface area (Å²) in [5.41, 5.74) is 4.41. The molecule has 0 amide bonds. The molecule has 0 bridgehead atoms. The first-order valence-corrected chi connectivity index (χ1v) is 6.38. The van der Waals surface area contributed by atoms with Crippen LogP contribution in [0, 0.1) is 0 Å². The van der Waals surface area contributed by atoms with Crippen LogP contribution in [0.2, 0.25) is 0 Å². The summed E-state index contributed by atoms with van der Waals surface area (Å²) in [6.07, 6.45) is 1.86. The Morgan fingerprint density at radius 3 is 2.95 bits per heavy atom. The molecule has 4 heteroatoms. The summed E-state index contributed by atoms with van der Waals surface area (Å²) < 4.78 is 5.49. The molecule has 0 aliphatic carbocycles. The van der Waals surface area contributed by atoms with Gasteiger partial charge >= 0.3 is 0 Å². The van der Waals surface area contributed by atoms with Crippen LogP contribution in [0.15, 0.2) is 36.5 Å². The third kappa shape index (κ3) is 2.34. The Kier molecular flexibility index (Phi) is 2.99. The van der Waals surface area contributed by atoms with E-state index in [0.717, 1.165) is 23.4 Å². The number of rotatable bonds is 2. The van der Waals surface area contributed by atoms with Crippen LogP contribution >= 0.6 is 0 Å². The fourth-order valence-electron chi connectivity index (χ4n) is 2.15. The number of aromatic nitrogens is 1. The first-order chi connectivity index (χ1) is 9.24. The number of benzene rings is 1. The van der Waals surface area contributed by atoms with E-state index in [4.69, 9.17) is 4.74 Å². The molecule has 1 aliphatic heterocycles. The molecule has 1 aromatic carbocycles. The van der Waals surface area contributed by atoms with E-state index in [1.54, 1.807) is 0 Å². The second-order valence-electron chi connectivity index (χ2n) is 4.80. The van der Waals surface area contributed by atoms with Crippen molar-refractivity contribution in [2.24, 2.45) is 0 Å². The number of hydrogen-bond acceptors (Lipinski definition) is 4. The molecule has 1 aromatic heterocycles. The maximum Gasteiger partial charge on any atom is 0.237 e. The first kappa shape index (κ1) is 11.8. The monoisotopic (exact) mass is 255 g/mol. The zero-order valence-corrected chi connectivity index (χ0v) is 11.2. The summed E-state index contributed by atoms with van der Waals surface area (Å²) in [6, 6.07) is 10.5. The molecule has 0 atom stereocenters. The lowest BCUT2D eigenvalue weighted by molar-refractivity contribution is 0.310. The van der Waals surface area contributed by atoms with Gasteiger partial charge in [0.1, 0.15) is 6.61 Å². The van der Waals surface area contributed by atoms with Crippen molar-refractivity contribution in [2.75, 3.05) is 37.5 Å². The van der Waals surface area contributed by atoms with Gasteiger partial charge in [0.15, 0.2) is 0 Å². The van der Waals surface area contributed by atoms with E-state index in [-0.39, 0.29) is 0 Å². The van der Waals surface area contributed by atoms with Gasteiger partial charge in [-0.1, -0.05) is 12.1 Å². The van der Waals surface area contributed by atoms with Gasteiger partial charge in [-0.2, -0.15) is 0 Å². The quantitative estimate of drug-likeness (QED) is 0.895. The van der Waals surface area contributed by atoms with Gasteiger partial charge in [0, 0.05) is 38.1 Å². The number of fused-ring (bicyclic) bond motifs is 1. The van der Waals surface area contributed by atoms with E-state index in [1.165, 1.54) is 5.69 Å². The lowest BCUT2D eigenvalue weighted by atomic mass is 10.1. The van der Waals surface area contributed by atoms with E-state index in [9.17, 15) is 0 Å². The number of pyridine rings is 1. The minimum absolute atomic E-state index is 0.676. The van der Waals surface area contributed by atoms with Crippen molar-refractivity contribution >= 4 is 11.4 Å². The van der Waals surface area contributed by atoms with E-state index >= 15 is 0 Å². The predicted octanol–water partition coefficient (Wildman–Crippen LogP) is 2.62. The average molecular weight is 255 g/mol. The van der Waals surface area contributed by atoms with Gasteiger partial charge < -0.3 is 15.0 Å². The number of hydrogen-bond donors (Lipinski definition) is 1. The molecule has 0 fully saturated rings. The van der Waals surface area contributed by atoms with E-state index in [2.05, 4.69) is 45.5 Å². The molecule has 2 aromatic rings. The molecule has 0 unspecified atom stereocenters. The van der Waals surface area contributed by atoms with Gasteiger partial charge in [-0.15, -0.1) is 0 Å². The van der Waals surface area contributed by atoms with Crippen LogP contribution in [0.1, 0.15) is 0 Å². The van der Waals surface area contributed by atoms with E-state index in [0.29, 0.717) is 12.5 Å². The fraction of sp³-hybridized carbons (Fsp3) is 0.267. The van der Waals surface area contributed by atoms with Crippen LogP contribution < -0.4 is 15.0 Å². The Morgan fingerprint density at radius 2 is 2.11 bits per heavy atom. The molecule has 3 rings (SSSR count). The Balaban J connectivity index is 2.00. The number of nitrogens with one attached hydrogen (secondary N) is 1. The smallest absolute Gasteiger partial charge is 0.237 e. The summed E-state index contributed by atoms with van der Waals surface area (Å²) in [7, 11) is 4.08. The Hall–Kier alpha value is -2.23. The lowest BCUT2D eigenvalue weighted by Gasteiger charge is -2.19. The maximum absolute atomic E-state index is 5.49. The SMILES string of the molecule is CN(C)c1cccc(-c2cnc3c(c2)NCCO3)c1. The highest BCUT2D eigenvalue weighted by Gasteiger charge is 2.12. The highest BCUT2D eigenvalue weighted by molar-refractivity contribution is 5.72. The van der Waals surface area contributed by atoms with Crippen molar-refractivity contribution in [3.05, 3.63) is 36.5 Å². The van der Waals surface area contributed by atoms with Crippen molar-refractivity contribution in [1.29, 1.82) is 0 Å². The Morgan fingerprint density at radius 1 is 1.21 bits per heavy atom. The van der Waals surface area contributed by atoms with E-state index in [1.807, 2.05) is 20.3 Å². The number of ether oxygens (including phenoxy) is 1. The summed E-state index contributed by atoms with van der Waals surface area (Å²) >= 11 is 0. The van der Waals surface area contributed by atoms with Gasteiger partial charge in [-0.05, 0) is 23.8 Å². The topological polar surface area (TPSA) is 37.4 Å². The molecule has 1 aliphatic rings. The van der Waals surface area contributed by atoms with Crippen LogP contribution in [0.4, 0.5) is 11.4 Å². The highest BCUT2D eigenvalue weighted by Crippen LogP contribution is 2.31. The van der Waals surface area contributed by atoms with E-state index < -0.39 is 0 Å². The molecule has 0 radical (unpaired) electrons. The minimum Gasteiger partial charge on any atom is -0.474 e. The zero-order chi connectivity index (χ0) is 13.2. The van der Waals surface area contributed by atoms with Crippen LogP contribution in [0.3, 0.4) is 0 Å². The highest BCUT2D eigenvalue weighted by atomic mass is 16.5. The summed E-state index contributed by atoms with van der Waals surface area (Å²) in [6.45, 7) is 1.51. The van der Waals surface area contributed by atoms with Gasteiger partial charge in [0.2, 0.25) is 5.88 Å². The third-order valence-corrected chi connectivity index (χ3v) is 3.20. The molecule has 0 spiro atoms. The second-order valence-corrected chi connectivity index (χ2v) is 4.80. The molecular weight excluding hydrogens is 238 g/mol. The molecule has 19 heavy (non-hydrogen) atoms. The lowest BCUT2D eigenvalue weighted by Crippen LogP contribution is -2.18. The standard InChI is InChI=1S/C15H17N3O/c1-18(2)13-5-3-4-11(8-13)12-9-14-15(17-10-12)19-7-6-16-14/h3-5,8-10,16H,6-7H2,1-2H3. The molecule has 98 valence electrons. The van der Waals surface area contributed by atoms with Gasteiger partial charge in [-0.3, -0.25) is 0 Å². The third-order valence-electron chi connectivity index (χ3n) is 3.20. The predicted molar refractivity (Wildman–Crippen MR) is 78.0 cm³/mol. The van der Waals surface area contributed by atoms with Crippen molar-refractivity contribution in [1.82, 2.24) is 4.98 Å². The summed E-state index contributed by atoms with van der Waals surface area (Å²) in [5, 5.41) is 3.31. The van der Waals surface area contributed by atoms with Gasteiger partial charge in [0.05, 0.1) is 5.69 Å². The van der Waals surface area contributed by atoms with Crippen LogP contribution in [-0.4, -0.2) is 32.2 Å².